The number of anilines is 2. The number of nitrogens with zero attached hydrogens (tertiary/aromatic N) is 2. The highest BCUT2D eigenvalue weighted by molar-refractivity contribution is 5.67. The first kappa shape index (κ1) is 16.0. The Labute approximate surface area is 128 Å². The maximum atomic E-state index is 12.9. The molecule has 0 spiro atoms. The molecule has 0 amide bonds. The highest BCUT2D eigenvalue weighted by Crippen LogP contribution is 2.26. The number of rotatable bonds is 7. The van der Waals surface area contributed by atoms with Crippen LogP contribution in [0.25, 0.3) is 0 Å². The zero-order valence-corrected chi connectivity index (χ0v) is 12.6. The van der Waals surface area contributed by atoms with E-state index < -0.39 is 0 Å². The lowest BCUT2D eigenvalue weighted by atomic mass is 10.2. The van der Waals surface area contributed by atoms with E-state index in [9.17, 15) is 4.39 Å². The van der Waals surface area contributed by atoms with Gasteiger partial charge in [-0.1, -0.05) is 12.1 Å². The van der Waals surface area contributed by atoms with Crippen LogP contribution in [0.5, 0.6) is 5.88 Å². The van der Waals surface area contributed by atoms with E-state index in [1.165, 1.54) is 12.1 Å². The Morgan fingerprint density at radius 3 is 2.59 bits per heavy atom. The summed E-state index contributed by atoms with van der Waals surface area (Å²) in [5.41, 5.74) is 7.25. The molecule has 22 heavy (non-hydrogen) atoms. The highest BCUT2D eigenvalue weighted by atomic mass is 19.1. The van der Waals surface area contributed by atoms with Crippen molar-refractivity contribution >= 4 is 11.5 Å². The number of nitrogens with one attached hydrogen (secondary N) is 1. The summed E-state index contributed by atoms with van der Waals surface area (Å²) in [7, 11) is 1.56. The van der Waals surface area contributed by atoms with Crippen LogP contribution in [0.2, 0.25) is 0 Å². The van der Waals surface area contributed by atoms with Crippen molar-refractivity contribution in [3.63, 3.8) is 0 Å². The minimum Gasteiger partial charge on any atom is -0.476 e. The van der Waals surface area contributed by atoms with Gasteiger partial charge in [0.15, 0.2) is 11.6 Å². The van der Waals surface area contributed by atoms with Gasteiger partial charge in [0.05, 0.1) is 6.61 Å². The van der Waals surface area contributed by atoms with Gasteiger partial charge in [-0.2, -0.15) is 4.98 Å². The molecule has 1 aromatic heterocycles. The van der Waals surface area contributed by atoms with Crippen molar-refractivity contribution in [1.82, 2.24) is 9.97 Å². The number of benzene rings is 1. The Morgan fingerprint density at radius 1 is 1.23 bits per heavy atom. The Kier molecular flexibility index (Phi) is 5.48. The number of aromatic nitrogens is 2. The van der Waals surface area contributed by atoms with Crippen LogP contribution in [0.1, 0.15) is 18.3 Å². The normalized spacial score (nSPS) is 10.5. The van der Waals surface area contributed by atoms with Crippen molar-refractivity contribution in [2.24, 2.45) is 0 Å². The maximum Gasteiger partial charge on any atom is 0.242 e. The summed E-state index contributed by atoms with van der Waals surface area (Å²) in [5, 5.41) is 3.11. The van der Waals surface area contributed by atoms with Gasteiger partial charge in [-0.15, -0.1) is 0 Å². The molecular formula is C15H19FN4O2. The summed E-state index contributed by atoms with van der Waals surface area (Å²) in [6.45, 7) is 3.01. The molecule has 0 fully saturated rings. The van der Waals surface area contributed by atoms with Gasteiger partial charge < -0.3 is 20.5 Å². The van der Waals surface area contributed by atoms with Gasteiger partial charge in [-0.25, -0.2) is 9.37 Å². The Hall–Kier alpha value is -2.41. The summed E-state index contributed by atoms with van der Waals surface area (Å²) in [6, 6.07) is 6.20. The van der Waals surface area contributed by atoms with Crippen LogP contribution in [-0.2, 0) is 17.9 Å². The standard InChI is InChI=1S/C15H19FN4O2/c1-3-22-15-13(17)14(19-12(20-15)9-21-2)18-8-10-4-6-11(16)7-5-10/h4-7H,3,8-9,17H2,1-2H3,(H,18,19,20). The molecule has 0 radical (unpaired) electrons. The van der Waals surface area contributed by atoms with Crippen molar-refractivity contribution in [2.45, 2.75) is 20.1 Å². The maximum absolute atomic E-state index is 12.9. The van der Waals surface area contributed by atoms with Crippen LogP contribution < -0.4 is 15.8 Å². The van der Waals surface area contributed by atoms with Gasteiger partial charge in [0, 0.05) is 13.7 Å². The fraction of sp³-hybridized carbons (Fsp3) is 0.333. The molecule has 3 N–H and O–H groups in total. The molecule has 118 valence electrons. The predicted molar refractivity (Wildman–Crippen MR) is 82.1 cm³/mol. The summed E-state index contributed by atoms with van der Waals surface area (Å²) in [5.74, 6) is 0.994. The first-order chi connectivity index (χ1) is 10.6. The van der Waals surface area contributed by atoms with Crippen molar-refractivity contribution in [3.05, 3.63) is 41.5 Å². The topological polar surface area (TPSA) is 82.3 Å². The first-order valence-corrected chi connectivity index (χ1v) is 6.90. The summed E-state index contributed by atoms with van der Waals surface area (Å²) in [6.07, 6.45) is 0. The molecule has 0 aliphatic carbocycles. The number of nitrogen functional groups attached to an aromatic ring is 1. The second-order valence-corrected chi connectivity index (χ2v) is 4.55. The zero-order chi connectivity index (χ0) is 15.9. The summed E-state index contributed by atoms with van der Waals surface area (Å²) < 4.78 is 23.3. The fourth-order valence-corrected chi connectivity index (χ4v) is 1.86. The third-order valence-corrected chi connectivity index (χ3v) is 2.88. The summed E-state index contributed by atoms with van der Waals surface area (Å²) >= 11 is 0. The minimum atomic E-state index is -0.272. The third kappa shape index (κ3) is 4.05. The molecule has 6 nitrogen and oxygen atoms in total. The number of hydrogen-bond donors (Lipinski definition) is 2. The monoisotopic (exact) mass is 306 g/mol. The number of ether oxygens (including phenoxy) is 2. The van der Waals surface area contributed by atoms with Crippen LogP contribution >= 0.6 is 0 Å². The Balaban J connectivity index is 2.18. The molecule has 0 saturated carbocycles. The van der Waals surface area contributed by atoms with Crippen molar-refractivity contribution < 1.29 is 13.9 Å². The molecule has 0 aliphatic heterocycles. The molecule has 0 saturated heterocycles. The molecule has 1 aromatic carbocycles. The Morgan fingerprint density at radius 2 is 1.95 bits per heavy atom. The average Bonchev–Trinajstić information content (AvgIpc) is 2.51. The lowest BCUT2D eigenvalue weighted by Crippen LogP contribution is -2.11. The average molecular weight is 306 g/mol. The van der Waals surface area contributed by atoms with Crippen LogP contribution in [0, 0.1) is 5.82 Å². The molecular weight excluding hydrogens is 287 g/mol. The van der Waals surface area contributed by atoms with Crippen LogP contribution in [0.3, 0.4) is 0 Å². The van der Waals surface area contributed by atoms with E-state index in [2.05, 4.69) is 15.3 Å². The van der Waals surface area contributed by atoms with Gasteiger partial charge in [0.2, 0.25) is 5.88 Å². The van der Waals surface area contributed by atoms with E-state index in [1.54, 1.807) is 19.2 Å². The molecule has 7 heteroatoms. The smallest absolute Gasteiger partial charge is 0.242 e. The molecule has 2 aromatic rings. The van der Waals surface area contributed by atoms with Crippen LogP contribution in [0.15, 0.2) is 24.3 Å². The Bertz CT molecular complexity index is 620. The molecule has 2 rings (SSSR count). The van der Waals surface area contributed by atoms with Gasteiger partial charge in [-0.05, 0) is 24.6 Å². The number of hydrogen-bond acceptors (Lipinski definition) is 6. The number of nitrogens with two attached hydrogens (primary N) is 1. The van der Waals surface area contributed by atoms with Crippen LogP contribution in [0.4, 0.5) is 15.9 Å². The molecule has 0 atom stereocenters. The lowest BCUT2D eigenvalue weighted by Gasteiger charge is -2.13. The predicted octanol–water partition coefficient (Wildman–Crippen LogP) is 2.36. The fourth-order valence-electron chi connectivity index (χ4n) is 1.86. The van der Waals surface area contributed by atoms with E-state index in [1.807, 2.05) is 6.92 Å². The quantitative estimate of drug-likeness (QED) is 0.817. The van der Waals surface area contributed by atoms with Gasteiger partial charge in [0.25, 0.3) is 0 Å². The minimum absolute atomic E-state index is 0.256. The second-order valence-electron chi connectivity index (χ2n) is 4.55. The zero-order valence-electron chi connectivity index (χ0n) is 12.6. The molecule has 0 aliphatic rings. The number of halogens is 1. The van der Waals surface area contributed by atoms with Crippen molar-refractivity contribution in [2.75, 3.05) is 24.8 Å². The first-order valence-electron chi connectivity index (χ1n) is 6.90. The third-order valence-electron chi connectivity index (χ3n) is 2.88. The van der Waals surface area contributed by atoms with E-state index in [0.29, 0.717) is 36.4 Å². The summed E-state index contributed by atoms with van der Waals surface area (Å²) in [4.78, 5) is 8.52. The van der Waals surface area contributed by atoms with Crippen molar-refractivity contribution in [1.29, 1.82) is 0 Å². The lowest BCUT2D eigenvalue weighted by molar-refractivity contribution is 0.176. The second kappa shape index (κ2) is 7.56. The largest absolute Gasteiger partial charge is 0.476 e. The number of methoxy groups -OCH3 is 1. The molecule has 0 unspecified atom stereocenters. The van der Waals surface area contributed by atoms with E-state index in [4.69, 9.17) is 15.2 Å². The van der Waals surface area contributed by atoms with Crippen molar-refractivity contribution in [3.8, 4) is 5.88 Å². The van der Waals surface area contributed by atoms with E-state index in [0.717, 1.165) is 5.56 Å². The molecule has 1 heterocycles. The van der Waals surface area contributed by atoms with Crippen LogP contribution in [-0.4, -0.2) is 23.7 Å². The van der Waals surface area contributed by atoms with Gasteiger partial charge in [-0.3, -0.25) is 0 Å². The van der Waals surface area contributed by atoms with Gasteiger partial charge >= 0.3 is 0 Å². The van der Waals surface area contributed by atoms with E-state index >= 15 is 0 Å². The highest BCUT2D eigenvalue weighted by Gasteiger charge is 2.12. The SMILES string of the molecule is CCOc1nc(COC)nc(NCc2ccc(F)cc2)c1N. The molecule has 0 bridgehead atoms. The van der Waals surface area contributed by atoms with Gasteiger partial charge in [0.1, 0.15) is 18.1 Å². The van der Waals surface area contributed by atoms with E-state index in [-0.39, 0.29) is 12.4 Å².